The van der Waals surface area contributed by atoms with Crippen LogP contribution in [-0.2, 0) is 18.4 Å². The third-order valence-electron chi connectivity index (χ3n) is 10.6. The fraction of sp³-hybridized carbons (Fsp3) is 0.854. The van der Waals surface area contributed by atoms with Gasteiger partial charge in [-0.05, 0) is 51.4 Å². The van der Waals surface area contributed by atoms with Crippen LogP contribution in [0.3, 0.4) is 0 Å². The van der Waals surface area contributed by atoms with E-state index in [0.29, 0.717) is 17.4 Å². The lowest BCUT2D eigenvalue weighted by atomic mass is 10.0. The molecule has 8 nitrogen and oxygen atoms in total. The standard InChI is InChI=1S/C48H93N2O6P/c1-6-8-10-12-14-16-18-19-20-21-22-23-24-25-26-27-28-29-30-31-32-34-36-38-40-42-48(52)49-46(45-56-57(53,54)55-44-43-50(3,4)5)47(51)41-39-37-35-33-17-15-13-11-9-7-2/h18-19,21-22,39,41,46-47,51H,6-17,20,23-38,40,42-45H2,1-5H3,(H-,49,52,53,54)/b19-18-,22-21-,41-39+. The van der Waals surface area contributed by atoms with Crippen LogP contribution in [0.1, 0.15) is 213 Å². The summed E-state index contributed by atoms with van der Waals surface area (Å²) in [6.07, 6.45) is 49.2. The van der Waals surface area contributed by atoms with Crippen molar-refractivity contribution in [3.8, 4) is 0 Å². The van der Waals surface area contributed by atoms with Crippen LogP contribution in [0.2, 0.25) is 0 Å². The Hall–Kier alpha value is -1.28. The number of likely N-dealkylation sites (N-methyl/N-ethyl adjacent to an activating group) is 1. The minimum atomic E-state index is -4.58. The Morgan fingerprint density at radius 3 is 1.46 bits per heavy atom. The van der Waals surface area contributed by atoms with Gasteiger partial charge in [-0.2, -0.15) is 0 Å². The van der Waals surface area contributed by atoms with Crippen molar-refractivity contribution in [3.63, 3.8) is 0 Å². The predicted octanol–water partition coefficient (Wildman–Crippen LogP) is 12.8. The van der Waals surface area contributed by atoms with Crippen LogP contribution in [0.4, 0.5) is 0 Å². The maximum atomic E-state index is 12.9. The van der Waals surface area contributed by atoms with Gasteiger partial charge in [0.1, 0.15) is 13.2 Å². The largest absolute Gasteiger partial charge is 0.756 e. The van der Waals surface area contributed by atoms with Crippen molar-refractivity contribution in [1.82, 2.24) is 5.32 Å². The molecule has 0 radical (unpaired) electrons. The zero-order valence-corrected chi connectivity index (χ0v) is 38.9. The molecule has 0 saturated carbocycles. The number of rotatable bonds is 43. The second-order valence-electron chi connectivity index (χ2n) is 17.5. The summed E-state index contributed by atoms with van der Waals surface area (Å²) in [5, 5.41) is 13.7. The highest BCUT2D eigenvalue weighted by Crippen LogP contribution is 2.38. The number of carbonyl (C=O) groups is 1. The number of unbranched alkanes of at least 4 members (excludes halogenated alkanes) is 26. The number of carbonyl (C=O) groups excluding carboxylic acids is 1. The van der Waals surface area contributed by atoms with E-state index in [-0.39, 0.29) is 19.1 Å². The molecule has 336 valence electrons. The SMILES string of the molecule is CCCCCCC/C=C\C/C=C\CCCCCCCCCCCCCCCC(=O)NC(COP(=O)([O-])OCC[N+](C)(C)C)C(O)/C=C/CCCCCCCCCC. The number of quaternary nitrogens is 1. The van der Waals surface area contributed by atoms with E-state index in [2.05, 4.69) is 43.5 Å². The number of amides is 1. The second kappa shape index (κ2) is 40.1. The Morgan fingerprint density at radius 2 is 1.02 bits per heavy atom. The van der Waals surface area contributed by atoms with Crippen LogP contribution in [-0.4, -0.2) is 68.5 Å². The molecule has 1 amide bonds. The van der Waals surface area contributed by atoms with E-state index in [0.717, 1.165) is 44.9 Å². The van der Waals surface area contributed by atoms with E-state index in [1.807, 2.05) is 27.2 Å². The Morgan fingerprint density at radius 1 is 0.614 bits per heavy atom. The molecule has 0 rings (SSSR count). The summed E-state index contributed by atoms with van der Waals surface area (Å²) in [5.74, 6) is -0.200. The van der Waals surface area contributed by atoms with Gasteiger partial charge in [-0.15, -0.1) is 0 Å². The third kappa shape index (κ3) is 42.6. The average molecular weight is 825 g/mol. The minimum Gasteiger partial charge on any atom is -0.756 e. The molecule has 0 aromatic heterocycles. The lowest BCUT2D eigenvalue weighted by Gasteiger charge is -2.29. The van der Waals surface area contributed by atoms with Crippen LogP contribution < -0.4 is 10.2 Å². The fourth-order valence-corrected chi connectivity index (χ4v) is 7.49. The van der Waals surface area contributed by atoms with Gasteiger partial charge < -0.3 is 28.8 Å². The zero-order chi connectivity index (χ0) is 42.1. The smallest absolute Gasteiger partial charge is 0.268 e. The highest BCUT2D eigenvalue weighted by atomic mass is 31.2. The topological polar surface area (TPSA) is 108 Å². The predicted molar refractivity (Wildman–Crippen MR) is 242 cm³/mol. The van der Waals surface area contributed by atoms with Crippen LogP contribution in [0, 0.1) is 0 Å². The van der Waals surface area contributed by atoms with Gasteiger partial charge >= 0.3 is 0 Å². The molecule has 0 aliphatic rings. The molecule has 0 fully saturated rings. The first kappa shape index (κ1) is 55.7. The summed E-state index contributed by atoms with van der Waals surface area (Å²) >= 11 is 0. The van der Waals surface area contributed by atoms with E-state index in [9.17, 15) is 19.4 Å². The van der Waals surface area contributed by atoms with Crippen molar-refractivity contribution >= 4 is 13.7 Å². The lowest BCUT2D eigenvalue weighted by Crippen LogP contribution is -2.45. The van der Waals surface area contributed by atoms with Gasteiger partial charge in [-0.25, -0.2) is 0 Å². The van der Waals surface area contributed by atoms with Gasteiger partial charge in [-0.1, -0.05) is 192 Å². The molecule has 0 heterocycles. The van der Waals surface area contributed by atoms with Gasteiger partial charge in [-0.3, -0.25) is 9.36 Å². The first-order valence-corrected chi connectivity index (χ1v) is 25.3. The summed E-state index contributed by atoms with van der Waals surface area (Å²) in [5.41, 5.74) is 0. The summed E-state index contributed by atoms with van der Waals surface area (Å²) in [7, 11) is 1.26. The van der Waals surface area contributed by atoms with Crippen molar-refractivity contribution in [2.75, 3.05) is 40.9 Å². The molecule has 0 saturated heterocycles. The molecule has 0 bridgehead atoms. The second-order valence-corrected chi connectivity index (χ2v) is 18.9. The highest BCUT2D eigenvalue weighted by molar-refractivity contribution is 7.45. The summed E-state index contributed by atoms with van der Waals surface area (Å²) in [4.78, 5) is 25.3. The number of hydrogen-bond acceptors (Lipinski definition) is 6. The molecule has 0 aliphatic carbocycles. The molecule has 0 spiro atoms. The van der Waals surface area contributed by atoms with Gasteiger partial charge in [0, 0.05) is 6.42 Å². The number of aliphatic hydroxyl groups excluding tert-OH is 1. The molecular weight excluding hydrogens is 732 g/mol. The lowest BCUT2D eigenvalue weighted by molar-refractivity contribution is -0.870. The number of aliphatic hydroxyl groups is 1. The first-order valence-electron chi connectivity index (χ1n) is 23.9. The summed E-state index contributed by atoms with van der Waals surface area (Å²) in [6.45, 7) is 4.61. The van der Waals surface area contributed by atoms with E-state index in [4.69, 9.17) is 9.05 Å². The van der Waals surface area contributed by atoms with Crippen LogP contribution >= 0.6 is 7.82 Å². The fourth-order valence-electron chi connectivity index (χ4n) is 6.77. The van der Waals surface area contributed by atoms with Crippen LogP contribution in [0.25, 0.3) is 0 Å². The van der Waals surface area contributed by atoms with Crippen LogP contribution in [0.5, 0.6) is 0 Å². The number of hydrogen-bond donors (Lipinski definition) is 2. The number of allylic oxidation sites excluding steroid dienone is 5. The summed E-state index contributed by atoms with van der Waals surface area (Å²) < 4.78 is 23.2. The molecule has 3 atom stereocenters. The zero-order valence-electron chi connectivity index (χ0n) is 38.0. The Bertz CT molecular complexity index is 1030. The van der Waals surface area contributed by atoms with E-state index in [1.54, 1.807) is 6.08 Å². The minimum absolute atomic E-state index is 0.00105. The van der Waals surface area contributed by atoms with Crippen LogP contribution in [0.15, 0.2) is 36.5 Å². The third-order valence-corrected chi connectivity index (χ3v) is 11.6. The van der Waals surface area contributed by atoms with E-state index >= 15 is 0 Å². The number of nitrogens with zero attached hydrogens (tertiary/aromatic N) is 1. The number of phosphoric acid groups is 1. The molecule has 2 N–H and O–H groups in total. The van der Waals surface area contributed by atoms with Crippen molar-refractivity contribution in [1.29, 1.82) is 0 Å². The average Bonchev–Trinajstić information content (AvgIpc) is 3.16. The summed E-state index contributed by atoms with van der Waals surface area (Å²) in [6, 6.07) is -0.884. The van der Waals surface area contributed by atoms with E-state index < -0.39 is 20.0 Å². The van der Waals surface area contributed by atoms with Gasteiger partial charge in [0.2, 0.25) is 5.91 Å². The molecular formula is C48H93N2O6P. The molecule has 9 heteroatoms. The van der Waals surface area contributed by atoms with Crippen molar-refractivity contribution < 1.29 is 32.9 Å². The number of nitrogens with one attached hydrogen (secondary N) is 1. The van der Waals surface area contributed by atoms with Crippen molar-refractivity contribution in [2.45, 2.75) is 225 Å². The normalized spacial score (nSPS) is 14.6. The van der Waals surface area contributed by atoms with Gasteiger partial charge in [0.25, 0.3) is 7.82 Å². The number of phosphoric ester groups is 1. The molecule has 0 aliphatic heterocycles. The Kier molecular flexibility index (Phi) is 39.2. The Balaban J connectivity index is 4.17. The van der Waals surface area contributed by atoms with E-state index in [1.165, 1.54) is 148 Å². The molecule has 57 heavy (non-hydrogen) atoms. The van der Waals surface area contributed by atoms with Gasteiger partial charge in [0.15, 0.2) is 0 Å². The van der Waals surface area contributed by atoms with Crippen molar-refractivity contribution in [2.24, 2.45) is 0 Å². The molecule has 0 aromatic rings. The molecule has 3 unspecified atom stereocenters. The molecule has 0 aromatic carbocycles. The highest BCUT2D eigenvalue weighted by Gasteiger charge is 2.23. The van der Waals surface area contributed by atoms with Crippen molar-refractivity contribution in [3.05, 3.63) is 36.5 Å². The van der Waals surface area contributed by atoms with Gasteiger partial charge in [0.05, 0.1) is 39.9 Å². The maximum Gasteiger partial charge on any atom is 0.268 e. The first-order chi connectivity index (χ1) is 27.5. The monoisotopic (exact) mass is 825 g/mol. The quantitative estimate of drug-likeness (QED) is 0.0274. The Labute approximate surface area is 353 Å². The maximum absolute atomic E-state index is 12.9.